The number of aromatic amines is 1. The molecule has 14 heteroatoms. The molecule has 12 nitrogen and oxygen atoms in total. The Bertz CT molecular complexity index is 1830. The summed E-state index contributed by atoms with van der Waals surface area (Å²) < 4.78 is 58.2. The maximum absolute atomic E-state index is 13.4. The Morgan fingerprint density at radius 3 is 2.21 bits per heavy atom. The monoisotopic (exact) mass is 611 g/mol. The second-order valence-corrected chi connectivity index (χ2v) is 14.6. The predicted molar refractivity (Wildman–Crippen MR) is 156 cm³/mol. The lowest BCUT2D eigenvalue weighted by atomic mass is 9.96. The first-order valence-electron chi connectivity index (χ1n) is 14.2. The average Bonchev–Trinajstić information content (AvgIpc) is 3.41. The standard InChI is InChI=1S/C28H33N7O5S2/c36-28-25-27(35(33-31-25)19-20-7-3-1-4-8-20)29-26(30-28)21-15-17-34(18-16-21)42(39,40)24-13-11-23(12-14-24)41(37,38)32-22-9-5-2-6-10-22/h1,3-4,7-8,11-14,21-22,32H,2,5-6,9-10,15-19H2,(H,29,30,36). The van der Waals surface area contributed by atoms with E-state index in [0.29, 0.717) is 30.9 Å². The number of nitrogens with zero attached hydrogens (tertiary/aromatic N) is 5. The highest BCUT2D eigenvalue weighted by Gasteiger charge is 2.32. The molecule has 3 heterocycles. The van der Waals surface area contributed by atoms with Crippen LogP contribution in [0.15, 0.2) is 69.2 Å². The molecule has 1 saturated carbocycles. The molecule has 6 rings (SSSR count). The minimum Gasteiger partial charge on any atom is -0.308 e. The minimum atomic E-state index is -3.83. The van der Waals surface area contributed by atoms with Crippen LogP contribution in [0.3, 0.4) is 0 Å². The maximum Gasteiger partial charge on any atom is 0.281 e. The molecule has 222 valence electrons. The van der Waals surface area contributed by atoms with Gasteiger partial charge in [0, 0.05) is 25.0 Å². The smallest absolute Gasteiger partial charge is 0.281 e. The zero-order valence-corrected chi connectivity index (χ0v) is 24.6. The Morgan fingerprint density at radius 1 is 0.857 bits per heavy atom. The van der Waals surface area contributed by atoms with Crippen molar-refractivity contribution in [3.63, 3.8) is 0 Å². The lowest BCUT2D eigenvalue weighted by Gasteiger charge is -2.30. The number of piperidine rings is 1. The van der Waals surface area contributed by atoms with Gasteiger partial charge in [-0.25, -0.2) is 31.2 Å². The van der Waals surface area contributed by atoms with E-state index in [4.69, 9.17) is 0 Å². The third-order valence-corrected chi connectivity index (χ3v) is 11.6. The van der Waals surface area contributed by atoms with Gasteiger partial charge >= 0.3 is 0 Å². The van der Waals surface area contributed by atoms with E-state index in [-0.39, 0.29) is 45.9 Å². The van der Waals surface area contributed by atoms with E-state index >= 15 is 0 Å². The van der Waals surface area contributed by atoms with Crippen molar-refractivity contribution < 1.29 is 16.8 Å². The van der Waals surface area contributed by atoms with Gasteiger partial charge in [0.2, 0.25) is 20.0 Å². The van der Waals surface area contributed by atoms with E-state index in [2.05, 4.69) is 25.0 Å². The summed E-state index contributed by atoms with van der Waals surface area (Å²) in [5, 5.41) is 8.13. The number of sulfonamides is 2. The minimum absolute atomic E-state index is 0.0430. The van der Waals surface area contributed by atoms with Crippen molar-refractivity contribution in [3.8, 4) is 0 Å². The van der Waals surface area contributed by atoms with E-state index in [1.54, 1.807) is 4.68 Å². The van der Waals surface area contributed by atoms with Crippen molar-refractivity contribution in [2.45, 2.75) is 73.2 Å². The van der Waals surface area contributed by atoms with E-state index in [1.807, 2.05) is 30.3 Å². The summed E-state index contributed by atoms with van der Waals surface area (Å²) >= 11 is 0. The molecule has 2 N–H and O–H groups in total. The Hall–Kier alpha value is -3.46. The van der Waals surface area contributed by atoms with E-state index in [0.717, 1.165) is 37.7 Å². The van der Waals surface area contributed by atoms with Crippen LogP contribution in [0, 0.1) is 0 Å². The van der Waals surface area contributed by atoms with Crippen LogP contribution in [0.1, 0.15) is 62.3 Å². The summed E-state index contributed by atoms with van der Waals surface area (Å²) in [6, 6.07) is 15.0. The van der Waals surface area contributed by atoms with Gasteiger partial charge in [-0.3, -0.25) is 4.79 Å². The van der Waals surface area contributed by atoms with Crippen molar-refractivity contribution in [1.82, 2.24) is 34.0 Å². The summed E-state index contributed by atoms with van der Waals surface area (Å²) in [4.78, 5) is 20.4. The quantitative estimate of drug-likeness (QED) is 0.308. The third kappa shape index (κ3) is 5.89. The van der Waals surface area contributed by atoms with Gasteiger partial charge in [-0.05, 0) is 55.5 Å². The molecule has 0 atom stereocenters. The van der Waals surface area contributed by atoms with Crippen molar-refractivity contribution in [2.75, 3.05) is 13.1 Å². The van der Waals surface area contributed by atoms with Crippen molar-refractivity contribution >= 4 is 31.2 Å². The zero-order chi connectivity index (χ0) is 29.3. The molecule has 2 fully saturated rings. The first-order chi connectivity index (χ1) is 20.2. The highest BCUT2D eigenvalue weighted by molar-refractivity contribution is 7.89. The predicted octanol–water partition coefficient (Wildman–Crippen LogP) is 2.74. The lowest BCUT2D eigenvalue weighted by Crippen LogP contribution is -2.38. The second kappa shape index (κ2) is 11.7. The molecule has 0 radical (unpaired) electrons. The van der Waals surface area contributed by atoms with Crippen molar-refractivity contribution in [3.05, 3.63) is 76.3 Å². The summed E-state index contributed by atoms with van der Waals surface area (Å²) in [6.07, 6.45) is 5.66. The zero-order valence-electron chi connectivity index (χ0n) is 23.0. The van der Waals surface area contributed by atoms with Crippen molar-refractivity contribution in [1.29, 1.82) is 0 Å². The Kier molecular flexibility index (Phi) is 7.96. The number of rotatable bonds is 8. The Balaban J connectivity index is 1.14. The van der Waals surface area contributed by atoms with Gasteiger partial charge < -0.3 is 4.98 Å². The second-order valence-electron chi connectivity index (χ2n) is 11.0. The largest absolute Gasteiger partial charge is 0.308 e. The number of H-pyrrole nitrogens is 1. The van der Waals surface area contributed by atoms with Crippen LogP contribution in [-0.2, 0) is 26.6 Å². The molecular weight excluding hydrogens is 578 g/mol. The van der Waals surface area contributed by atoms with Gasteiger partial charge in [-0.2, -0.15) is 4.31 Å². The highest BCUT2D eigenvalue weighted by atomic mass is 32.2. The molecule has 0 amide bonds. The molecule has 0 bridgehead atoms. The van der Waals surface area contributed by atoms with Gasteiger partial charge in [-0.15, -0.1) is 5.10 Å². The molecule has 4 aromatic rings. The molecule has 1 aliphatic carbocycles. The number of hydrogen-bond acceptors (Lipinski definition) is 8. The molecule has 2 aromatic heterocycles. The number of aromatic nitrogens is 5. The van der Waals surface area contributed by atoms with E-state index in [1.165, 1.54) is 28.6 Å². The summed E-state index contributed by atoms with van der Waals surface area (Å²) in [6.45, 7) is 0.889. The fourth-order valence-electron chi connectivity index (χ4n) is 5.76. The number of nitrogens with one attached hydrogen (secondary N) is 2. The first kappa shape index (κ1) is 28.6. The van der Waals surface area contributed by atoms with Gasteiger partial charge in [0.25, 0.3) is 5.56 Å². The van der Waals surface area contributed by atoms with Crippen LogP contribution in [0.4, 0.5) is 0 Å². The summed E-state index contributed by atoms with van der Waals surface area (Å²) in [5.41, 5.74) is 1.17. The number of fused-ring (bicyclic) bond motifs is 1. The molecule has 2 aliphatic rings. The first-order valence-corrected chi connectivity index (χ1v) is 17.1. The SMILES string of the molecule is O=c1[nH]c(C2CCN(S(=O)(=O)c3ccc(S(=O)(=O)NC4CCCCC4)cc3)CC2)nc2c1nnn2Cc1ccccc1. The fourth-order valence-corrected chi connectivity index (χ4v) is 8.53. The highest BCUT2D eigenvalue weighted by Crippen LogP contribution is 2.30. The van der Waals surface area contributed by atoms with Crippen LogP contribution in [0.5, 0.6) is 0 Å². The van der Waals surface area contributed by atoms with E-state index < -0.39 is 20.0 Å². The van der Waals surface area contributed by atoms with Crippen LogP contribution in [0.2, 0.25) is 0 Å². The van der Waals surface area contributed by atoms with Crippen LogP contribution >= 0.6 is 0 Å². The molecule has 2 aromatic carbocycles. The van der Waals surface area contributed by atoms with Crippen LogP contribution in [0.25, 0.3) is 11.2 Å². The molecule has 1 aliphatic heterocycles. The summed E-state index contributed by atoms with van der Waals surface area (Å²) in [7, 11) is -7.56. The Morgan fingerprint density at radius 2 is 1.52 bits per heavy atom. The third-order valence-electron chi connectivity index (χ3n) is 8.11. The van der Waals surface area contributed by atoms with Crippen LogP contribution in [-0.4, -0.2) is 65.2 Å². The Labute approximate surface area is 244 Å². The maximum atomic E-state index is 13.4. The average molecular weight is 612 g/mol. The van der Waals surface area contributed by atoms with Gasteiger partial charge in [0.15, 0.2) is 11.2 Å². The molecule has 0 unspecified atom stereocenters. The number of hydrogen-bond donors (Lipinski definition) is 2. The van der Waals surface area contributed by atoms with Gasteiger partial charge in [0.1, 0.15) is 5.82 Å². The number of benzene rings is 2. The van der Waals surface area contributed by atoms with Crippen LogP contribution < -0.4 is 10.3 Å². The molecule has 0 spiro atoms. The van der Waals surface area contributed by atoms with Gasteiger partial charge in [0.05, 0.1) is 16.3 Å². The van der Waals surface area contributed by atoms with E-state index in [9.17, 15) is 21.6 Å². The van der Waals surface area contributed by atoms with Gasteiger partial charge in [-0.1, -0.05) is 54.8 Å². The van der Waals surface area contributed by atoms with Crippen molar-refractivity contribution in [2.24, 2.45) is 0 Å². The summed E-state index contributed by atoms with van der Waals surface area (Å²) in [5.74, 6) is 0.341. The molecule has 42 heavy (non-hydrogen) atoms. The molecular formula is C28H33N7O5S2. The lowest BCUT2D eigenvalue weighted by molar-refractivity contribution is 0.313. The normalized spacial score (nSPS) is 18.0. The molecule has 1 saturated heterocycles. The topological polar surface area (TPSA) is 160 Å². The fraction of sp³-hybridized carbons (Fsp3) is 0.429.